The van der Waals surface area contributed by atoms with Crippen LogP contribution in [0.15, 0.2) is 45.0 Å². The molecule has 0 radical (unpaired) electrons. The van der Waals surface area contributed by atoms with Crippen molar-refractivity contribution in [3.8, 4) is 5.88 Å². The Morgan fingerprint density at radius 3 is 2.63 bits per heavy atom. The monoisotopic (exact) mass is 368 g/mol. The van der Waals surface area contributed by atoms with E-state index >= 15 is 0 Å². The minimum Gasteiger partial charge on any atom is -0.494 e. The zero-order valence-corrected chi connectivity index (χ0v) is 16.0. The third-order valence-corrected chi connectivity index (χ3v) is 4.97. The smallest absolute Gasteiger partial charge is 0.333 e. The highest BCUT2D eigenvalue weighted by Gasteiger charge is 2.19. The Morgan fingerprint density at radius 1 is 1.22 bits per heavy atom. The summed E-state index contributed by atoms with van der Waals surface area (Å²) in [5.41, 5.74) is 1.62. The molecule has 2 aromatic heterocycles. The zero-order valence-electron chi connectivity index (χ0n) is 16.0. The second-order valence-electron chi connectivity index (χ2n) is 6.74. The standard InChI is InChI=1S/C20H24N4O3/c1-5-14(10-13-11-21-16-9-7-6-8-15(13)16)22-12(2)17-18(25)23(3)20(27)24(4)19(17)26/h6-9,11,14,21,25H,5,10H2,1-4H3. The highest BCUT2D eigenvalue weighted by molar-refractivity contribution is 6.00. The van der Waals surface area contributed by atoms with Crippen molar-refractivity contribution in [2.75, 3.05) is 0 Å². The molecule has 1 aromatic carbocycles. The number of para-hydroxylation sites is 1. The number of H-pyrrole nitrogens is 1. The fraction of sp³-hybridized carbons (Fsp3) is 0.350. The van der Waals surface area contributed by atoms with E-state index in [4.69, 9.17) is 4.99 Å². The molecule has 3 rings (SSSR count). The summed E-state index contributed by atoms with van der Waals surface area (Å²) in [4.78, 5) is 32.3. The van der Waals surface area contributed by atoms with Gasteiger partial charge in [0.15, 0.2) is 0 Å². The number of aromatic nitrogens is 3. The Morgan fingerprint density at radius 2 is 1.93 bits per heavy atom. The van der Waals surface area contributed by atoms with Gasteiger partial charge >= 0.3 is 5.69 Å². The lowest BCUT2D eigenvalue weighted by Crippen LogP contribution is -2.39. The van der Waals surface area contributed by atoms with E-state index in [0.717, 1.165) is 32.0 Å². The van der Waals surface area contributed by atoms with Gasteiger partial charge in [-0.25, -0.2) is 4.79 Å². The predicted octanol–water partition coefficient (Wildman–Crippen LogP) is 2.10. The van der Waals surface area contributed by atoms with Crippen LogP contribution in [0.25, 0.3) is 10.9 Å². The van der Waals surface area contributed by atoms with Crippen LogP contribution in [0.5, 0.6) is 5.88 Å². The van der Waals surface area contributed by atoms with Crippen molar-refractivity contribution >= 4 is 16.6 Å². The van der Waals surface area contributed by atoms with Crippen LogP contribution in [0.4, 0.5) is 0 Å². The van der Waals surface area contributed by atoms with E-state index in [1.807, 2.05) is 31.3 Å². The third-order valence-electron chi connectivity index (χ3n) is 4.97. The minimum atomic E-state index is -0.570. The molecule has 2 heterocycles. The van der Waals surface area contributed by atoms with Crippen molar-refractivity contribution in [2.45, 2.75) is 32.7 Å². The molecule has 0 bridgehead atoms. The van der Waals surface area contributed by atoms with Gasteiger partial charge in [0.05, 0.1) is 11.8 Å². The number of nitrogens with zero attached hydrogens (tertiary/aromatic N) is 3. The first kappa shape index (κ1) is 18.7. The van der Waals surface area contributed by atoms with E-state index in [1.54, 1.807) is 6.92 Å². The lowest BCUT2D eigenvalue weighted by molar-refractivity contribution is 0.410. The van der Waals surface area contributed by atoms with E-state index in [1.165, 1.54) is 14.1 Å². The van der Waals surface area contributed by atoms with Gasteiger partial charge in [0.1, 0.15) is 5.56 Å². The maximum absolute atomic E-state index is 12.5. The first-order valence-corrected chi connectivity index (χ1v) is 8.93. The summed E-state index contributed by atoms with van der Waals surface area (Å²) in [5.74, 6) is -0.355. The molecule has 0 fully saturated rings. The molecule has 27 heavy (non-hydrogen) atoms. The molecule has 7 heteroatoms. The Bertz CT molecular complexity index is 1130. The molecule has 7 nitrogen and oxygen atoms in total. The van der Waals surface area contributed by atoms with Gasteiger partial charge in [-0.3, -0.25) is 18.9 Å². The van der Waals surface area contributed by atoms with E-state index < -0.39 is 11.2 Å². The highest BCUT2D eigenvalue weighted by Crippen LogP contribution is 2.21. The summed E-state index contributed by atoms with van der Waals surface area (Å²) in [5, 5.41) is 11.5. The molecule has 0 amide bonds. The van der Waals surface area contributed by atoms with Crippen molar-refractivity contribution in [3.05, 3.63) is 62.4 Å². The van der Waals surface area contributed by atoms with E-state index in [9.17, 15) is 14.7 Å². The van der Waals surface area contributed by atoms with Crippen LogP contribution in [0, 0.1) is 0 Å². The van der Waals surface area contributed by atoms with Crippen molar-refractivity contribution in [2.24, 2.45) is 19.1 Å². The fourth-order valence-corrected chi connectivity index (χ4v) is 3.32. The summed E-state index contributed by atoms with van der Waals surface area (Å²) in [6.07, 6.45) is 3.48. The molecule has 0 aliphatic heterocycles. The molecule has 0 saturated carbocycles. The first-order valence-electron chi connectivity index (χ1n) is 8.93. The molecule has 3 aromatic rings. The van der Waals surface area contributed by atoms with Crippen LogP contribution in [0.2, 0.25) is 0 Å². The maximum atomic E-state index is 12.5. The quantitative estimate of drug-likeness (QED) is 0.676. The number of hydrogen-bond donors (Lipinski definition) is 2. The molecule has 0 aliphatic carbocycles. The lowest BCUT2D eigenvalue weighted by Gasteiger charge is -2.14. The summed E-state index contributed by atoms with van der Waals surface area (Å²) in [6.45, 7) is 3.73. The summed E-state index contributed by atoms with van der Waals surface area (Å²) >= 11 is 0. The number of aliphatic imine (C=N–C) groups is 1. The number of benzene rings is 1. The van der Waals surface area contributed by atoms with Gasteiger partial charge < -0.3 is 10.1 Å². The fourth-order valence-electron chi connectivity index (χ4n) is 3.32. The Hall–Kier alpha value is -3.09. The Labute approximate surface area is 156 Å². The molecule has 0 spiro atoms. The van der Waals surface area contributed by atoms with Crippen LogP contribution in [0.1, 0.15) is 31.4 Å². The predicted molar refractivity (Wildman–Crippen MR) is 107 cm³/mol. The second-order valence-corrected chi connectivity index (χ2v) is 6.74. The maximum Gasteiger partial charge on any atom is 0.333 e. The second kappa shape index (κ2) is 7.26. The van der Waals surface area contributed by atoms with Gasteiger partial charge in [-0.2, -0.15) is 0 Å². The van der Waals surface area contributed by atoms with Gasteiger partial charge in [-0.15, -0.1) is 0 Å². The topological polar surface area (TPSA) is 92.4 Å². The van der Waals surface area contributed by atoms with E-state index in [0.29, 0.717) is 12.1 Å². The third kappa shape index (κ3) is 3.32. The van der Waals surface area contributed by atoms with Gasteiger partial charge in [0.25, 0.3) is 5.56 Å². The van der Waals surface area contributed by atoms with Crippen molar-refractivity contribution in [1.82, 2.24) is 14.1 Å². The van der Waals surface area contributed by atoms with Crippen molar-refractivity contribution in [3.63, 3.8) is 0 Å². The molecule has 1 atom stereocenters. The Balaban J connectivity index is 1.99. The van der Waals surface area contributed by atoms with Crippen LogP contribution in [-0.4, -0.2) is 31.0 Å². The van der Waals surface area contributed by atoms with Gasteiger partial charge in [-0.05, 0) is 31.4 Å². The largest absolute Gasteiger partial charge is 0.494 e. The molecule has 1 unspecified atom stereocenters. The molecular formula is C20H24N4O3. The summed E-state index contributed by atoms with van der Waals surface area (Å²) < 4.78 is 2.03. The highest BCUT2D eigenvalue weighted by atomic mass is 16.3. The number of nitrogens with one attached hydrogen (secondary N) is 1. The number of hydrogen-bond acceptors (Lipinski definition) is 4. The normalized spacial score (nSPS) is 13.3. The molecule has 0 aliphatic rings. The van der Waals surface area contributed by atoms with Crippen LogP contribution in [0.3, 0.4) is 0 Å². The van der Waals surface area contributed by atoms with Crippen molar-refractivity contribution in [1.29, 1.82) is 0 Å². The Kier molecular flexibility index (Phi) is 5.03. The van der Waals surface area contributed by atoms with Crippen LogP contribution < -0.4 is 11.2 Å². The molecule has 0 saturated heterocycles. The minimum absolute atomic E-state index is 0.0504. The molecule has 142 valence electrons. The zero-order chi connectivity index (χ0) is 19.7. The number of aromatic amines is 1. The van der Waals surface area contributed by atoms with Gasteiger partial charge in [0.2, 0.25) is 5.88 Å². The van der Waals surface area contributed by atoms with Gasteiger partial charge in [0, 0.05) is 31.2 Å². The van der Waals surface area contributed by atoms with E-state index in [2.05, 4.69) is 11.1 Å². The van der Waals surface area contributed by atoms with E-state index in [-0.39, 0.29) is 17.5 Å². The average Bonchev–Trinajstić information content (AvgIpc) is 3.07. The number of rotatable bonds is 5. The lowest BCUT2D eigenvalue weighted by atomic mass is 10.0. The van der Waals surface area contributed by atoms with Crippen LogP contribution in [-0.2, 0) is 20.5 Å². The van der Waals surface area contributed by atoms with Crippen molar-refractivity contribution < 1.29 is 5.11 Å². The first-order chi connectivity index (χ1) is 12.8. The molecular weight excluding hydrogens is 344 g/mol. The molecule has 2 N–H and O–H groups in total. The summed E-state index contributed by atoms with van der Waals surface area (Å²) in [7, 11) is 2.82. The number of fused-ring (bicyclic) bond motifs is 1. The SMILES string of the molecule is CCC(Cc1c[nH]c2ccccc12)N=C(C)c1c(O)n(C)c(=O)n(C)c1=O. The van der Waals surface area contributed by atoms with Gasteiger partial charge in [-0.1, -0.05) is 25.1 Å². The summed E-state index contributed by atoms with van der Waals surface area (Å²) in [6, 6.07) is 8.03. The average molecular weight is 368 g/mol. The van der Waals surface area contributed by atoms with Crippen LogP contribution >= 0.6 is 0 Å². The number of aromatic hydroxyl groups is 1.